The molecule has 0 spiro atoms. The fourth-order valence-electron chi connectivity index (χ4n) is 1.32. The van der Waals surface area contributed by atoms with Crippen LogP contribution in [0.4, 0.5) is 13.2 Å². The van der Waals surface area contributed by atoms with E-state index in [2.05, 4.69) is 10.1 Å². The van der Waals surface area contributed by atoms with E-state index < -0.39 is 36.6 Å². The molecular formula is C11H11F3N2O5. The summed E-state index contributed by atoms with van der Waals surface area (Å²) < 4.78 is 39.5. The molecule has 4 N–H and O–H groups in total. The highest BCUT2D eigenvalue weighted by Crippen LogP contribution is 2.22. The second kappa shape index (κ2) is 6.90. The largest absolute Gasteiger partial charge is 0.573 e. The predicted octanol–water partition coefficient (Wildman–Crippen LogP) is 0.181. The molecule has 116 valence electrons. The van der Waals surface area contributed by atoms with Crippen LogP contribution in [0.3, 0.4) is 0 Å². The van der Waals surface area contributed by atoms with Crippen LogP contribution < -0.4 is 15.5 Å². The van der Waals surface area contributed by atoms with E-state index in [1.54, 1.807) is 0 Å². The fraction of sp³-hybridized carbons (Fsp3) is 0.273. The smallest absolute Gasteiger partial charge is 0.406 e. The number of aliphatic hydroxyl groups excluding tert-OH is 1. The topological polar surface area (TPSA) is 108 Å². The molecule has 1 aromatic rings. The summed E-state index contributed by atoms with van der Waals surface area (Å²) in [4.78, 5) is 22.7. The van der Waals surface area contributed by atoms with Gasteiger partial charge in [-0.15, -0.1) is 13.2 Å². The third-order valence-electron chi connectivity index (χ3n) is 2.26. The predicted molar refractivity (Wildman–Crippen MR) is 61.4 cm³/mol. The Bertz CT molecular complexity index is 504. The molecule has 0 saturated heterocycles. The van der Waals surface area contributed by atoms with E-state index in [9.17, 15) is 22.8 Å². The summed E-state index contributed by atoms with van der Waals surface area (Å²) in [6.45, 7) is -0.770. The quantitative estimate of drug-likeness (QED) is 0.458. The third kappa shape index (κ3) is 5.28. The monoisotopic (exact) mass is 308 g/mol. The number of halogens is 3. The van der Waals surface area contributed by atoms with Gasteiger partial charge < -0.3 is 15.2 Å². The van der Waals surface area contributed by atoms with Gasteiger partial charge in [0.25, 0.3) is 11.8 Å². The molecule has 0 aromatic heterocycles. The van der Waals surface area contributed by atoms with Crippen molar-refractivity contribution in [2.24, 2.45) is 0 Å². The molecule has 0 heterocycles. The van der Waals surface area contributed by atoms with Gasteiger partial charge in [0, 0.05) is 5.56 Å². The van der Waals surface area contributed by atoms with Crippen LogP contribution in [0.2, 0.25) is 0 Å². The third-order valence-corrected chi connectivity index (χ3v) is 2.26. The number of ether oxygens (including phenoxy) is 1. The molecule has 0 saturated carbocycles. The Morgan fingerprint density at radius 3 is 2.24 bits per heavy atom. The number of hydrogen-bond donors (Lipinski definition) is 4. The highest BCUT2D eigenvalue weighted by atomic mass is 19.4. The van der Waals surface area contributed by atoms with Crippen LogP contribution >= 0.6 is 0 Å². The molecule has 21 heavy (non-hydrogen) atoms. The minimum absolute atomic E-state index is 0.0614. The van der Waals surface area contributed by atoms with E-state index in [1.165, 1.54) is 5.48 Å². The lowest BCUT2D eigenvalue weighted by Crippen LogP contribution is -2.48. The van der Waals surface area contributed by atoms with Crippen LogP contribution in [0.5, 0.6) is 5.75 Å². The number of amides is 2. The highest BCUT2D eigenvalue weighted by molar-refractivity contribution is 5.97. The van der Waals surface area contributed by atoms with Crippen LogP contribution in [-0.4, -0.2) is 41.1 Å². The number of alkyl halides is 3. The normalized spacial score (nSPS) is 12.4. The van der Waals surface area contributed by atoms with Gasteiger partial charge in [0.1, 0.15) is 11.8 Å². The van der Waals surface area contributed by atoms with Crippen molar-refractivity contribution >= 4 is 11.8 Å². The summed E-state index contributed by atoms with van der Waals surface area (Å²) >= 11 is 0. The Labute approximate surface area is 116 Å². The Hall–Kier alpha value is -2.33. The Morgan fingerprint density at radius 2 is 1.81 bits per heavy atom. The highest BCUT2D eigenvalue weighted by Gasteiger charge is 2.31. The van der Waals surface area contributed by atoms with Crippen LogP contribution in [-0.2, 0) is 4.79 Å². The zero-order chi connectivity index (χ0) is 16.0. The minimum atomic E-state index is -4.84. The van der Waals surface area contributed by atoms with Crippen molar-refractivity contribution in [2.75, 3.05) is 6.61 Å². The number of aliphatic hydroxyl groups is 1. The van der Waals surface area contributed by atoms with Crippen molar-refractivity contribution < 1.29 is 37.8 Å². The van der Waals surface area contributed by atoms with Crippen LogP contribution in [0.15, 0.2) is 24.3 Å². The van der Waals surface area contributed by atoms with Gasteiger partial charge in [-0.05, 0) is 24.3 Å². The van der Waals surface area contributed by atoms with Gasteiger partial charge in [-0.25, -0.2) is 5.48 Å². The number of carbonyl (C=O) groups is 2. The average molecular weight is 308 g/mol. The van der Waals surface area contributed by atoms with Crippen molar-refractivity contribution in [3.8, 4) is 5.75 Å². The molecule has 0 aliphatic heterocycles. The number of hydrogen-bond acceptors (Lipinski definition) is 5. The number of hydroxylamine groups is 1. The lowest BCUT2D eigenvalue weighted by atomic mass is 10.2. The summed E-state index contributed by atoms with van der Waals surface area (Å²) in [5.41, 5.74) is 1.19. The maximum atomic E-state index is 11.9. The summed E-state index contributed by atoms with van der Waals surface area (Å²) in [6.07, 6.45) is -4.84. The maximum absolute atomic E-state index is 11.9. The van der Waals surface area contributed by atoms with Gasteiger partial charge in [-0.2, -0.15) is 0 Å². The average Bonchev–Trinajstić information content (AvgIpc) is 2.42. The standard InChI is InChI=1S/C11H11F3N2O5/c12-11(13,14)21-7-3-1-6(2-4-7)9(18)15-8(5-17)10(19)16-20/h1-4,8,17,20H,5H2,(H,15,18)(H,16,19)/t8-/m0/s1. The molecule has 0 fully saturated rings. The molecule has 0 unspecified atom stereocenters. The van der Waals surface area contributed by atoms with E-state index in [1.807, 2.05) is 0 Å². The Kier molecular flexibility index (Phi) is 5.50. The molecule has 0 radical (unpaired) electrons. The molecule has 10 heteroatoms. The van der Waals surface area contributed by atoms with Crippen molar-refractivity contribution in [3.05, 3.63) is 29.8 Å². The van der Waals surface area contributed by atoms with Crippen molar-refractivity contribution in [1.82, 2.24) is 10.8 Å². The molecule has 0 bridgehead atoms. The fourth-order valence-corrected chi connectivity index (χ4v) is 1.32. The molecule has 7 nitrogen and oxygen atoms in total. The van der Waals surface area contributed by atoms with E-state index >= 15 is 0 Å². The zero-order valence-corrected chi connectivity index (χ0v) is 10.3. The lowest BCUT2D eigenvalue weighted by Gasteiger charge is -2.14. The Balaban J connectivity index is 2.73. The first kappa shape index (κ1) is 16.7. The summed E-state index contributed by atoms with van der Waals surface area (Å²) in [5, 5.41) is 19.3. The van der Waals surface area contributed by atoms with Crippen LogP contribution in [0.25, 0.3) is 0 Å². The van der Waals surface area contributed by atoms with Gasteiger partial charge >= 0.3 is 6.36 Å². The molecular weight excluding hydrogens is 297 g/mol. The number of rotatable bonds is 5. The van der Waals surface area contributed by atoms with E-state index in [0.29, 0.717) is 0 Å². The zero-order valence-electron chi connectivity index (χ0n) is 10.3. The van der Waals surface area contributed by atoms with Gasteiger partial charge in [0.15, 0.2) is 0 Å². The van der Waals surface area contributed by atoms with Crippen molar-refractivity contribution in [2.45, 2.75) is 12.4 Å². The number of nitrogens with one attached hydrogen (secondary N) is 2. The molecule has 0 aliphatic rings. The first-order valence-corrected chi connectivity index (χ1v) is 5.48. The number of benzene rings is 1. The summed E-state index contributed by atoms with van der Waals surface area (Å²) in [6, 6.07) is 2.53. The molecule has 2 amide bonds. The molecule has 0 aliphatic carbocycles. The van der Waals surface area contributed by atoms with Crippen molar-refractivity contribution in [1.29, 1.82) is 0 Å². The maximum Gasteiger partial charge on any atom is 0.573 e. The summed E-state index contributed by atoms with van der Waals surface area (Å²) in [7, 11) is 0. The van der Waals surface area contributed by atoms with Gasteiger partial charge in [-0.3, -0.25) is 14.8 Å². The van der Waals surface area contributed by atoms with Gasteiger partial charge in [0.05, 0.1) is 6.61 Å². The second-order valence-corrected chi connectivity index (χ2v) is 3.76. The van der Waals surface area contributed by atoms with Crippen molar-refractivity contribution in [3.63, 3.8) is 0 Å². The summed E-state index contributed by atoms with van der Waals surface area (Å²) in [5.74, 6) is -2.37. The SMILES string of the molecule is O=C(N[C@@H](CO)C(=O)NO)c1ccc(OC(F)(F)F)cc1. The Morgan fingerprint density at radius 1 is 1.24 bits per heavy atom. The molecule has 1 rings (SSSR count). The molecule has 1 aromatic carbocycles. The van der Waals surface area contributed by atoms with Gasteiger partial charge in [0.2, 0.25) is 0 Å². The van der Waals surface area contributed by atoms with E-state index in [-0.39, 0.29) is 5.56 Å². The first-order chi connectivity index (χ1) is 9.76. The van der Waals surface area contributed by atoms with E-state index in [0.717, 1.165) is 24.3 Å². The second-order valence-electron chi connectivity index (χ2n) is 3.76. The van der Waals surface area contributed by atoms with Crippen LogP contribution in [0.1, 0.15) is 10.4 Å². The lowest BCUT2D eigenvalue weighted by molar-refractivity contribution is -0.274. The number of carbonyl (C=O) groups excluding carboxylic acids is 2. The van der Waals surface area contributed by atoms with Gasteiger partial charge in [-0.1, -0.05) is 0 Å². The van der Waals surface area contributed by atoms with Crippen LogP contribution in [0, 0.1) is 0 Å². The minimum Gasteiger partial charge on any atom is -0.406 e. The first-order valence-electron chi connectivity index (χ1n) is 5.48. The van der Waals surface area contributed by atoms with E-state index in [4.69, 9.17) is 10.3 Å². The molecule has 1 atom stereocenters.